The monoisotopic (exact) mass is 297 g/mol. The Kier molecular flexibility index (Phi) is 5.80. The molecular formula is C16H15N3OS. The first-order chi connectivity index (χ1) is 10.3. The summed E-state index contributed by atoms with van der Waals surface area (Å²) in [6.45, 7) is 0.578. The fourth-order valence-electron chi connectivity index (χ4n) is 1.76. The number of hydrogen-bond acceptors (Lipinski definition) is 4. The summed E-state index contributed by atoms with van der Waals surface area (Å²) in [6, 6.07) is 15.0. The van der Waals surface area contributed by atoms with Crippen LogP contribution < -0.4 is 5.32 Å². The molecule has 1 aromatic carbocycles. The highest BCUT2D eigenvalue weighted by atomic mass is 32.2. The van der Waals surface area contributed by atoms with Crippen LogP contribution in [0.2, 0.25) is 0 Å². The van der Waals surface area contributed by atoms with Gasteiger partial charge in [0.2, 0.25) is 0 Å². The third-order valence-corrected chi connectivity index (χ3v) is 3.83. The van der Waals surface area contributed by atoms with Crippen molar-refractivity contribution in [1.82, 2.24) is 10.3 Å². The number of thioether (sulfide) groups is 1. The Morgan fingerprint density at radius 3 is 2.81 bits per heavy atom. The number of nitriles is 1. The van der Waals surface area contributed by atoms with Crippen molar-refractivity contribution in [2.75, 3.05) is 12.3 Å². The fourth-order valence-corrected chi connectivity index (χ4v) is 2.62. The first-order valence-corrected chi connectivity index (χ1v) is 7.71. The minimum absolute atomic E-state index is 0.159. The van der Waals surface area contributed by atoms with Crippen molar-refractivity contribution < 1.29 is 4.79 Å². The van der Waals surface area contributed by atoms with E-state index in [0.717, 1.165) is 17.1 Å². The SMILES string of the molecule is N#Cc1ccccc1CSCCNC(=O)c1ccccn1. The van der Waals surface area contributed by atoms with E-state index in [1.54, 1.807) is 36.2 Å². The maximum atomic E-state index is 11.8. The number of rotatable bonds is 6. The standard InChI is InChI=1S/C16H15N3OS/c17-11-13-5-1-2-6-14(13)12-21-10-9-19-16(20)15-7-3-4-8-18-15/h1-8H,9-10,12H2,(H,19,20). The van der Waals surface area contributed by atoms with Crippen LogP contribution in [0, 0.1) is 11.3 Å². The zero-order chi connectivity index (χ0) is 14.9. The summed E-state index contributed by atoms with van der Waals surface area (Å²) in [7, 11) is 0. The molecule has 106 valence electrons. The lowest BCUT2D eigenvalue weighted by molar-refractivity contribution is 0.0951. The second kappa shape index (κ2) is 8.08. The van der Waals surface area contributed by atoms with Crippen molar-refractivity contribution in [2.24, 2.45) is 0 Å². The van der Waals surface area contributed by atoms with Gasteiger partial charge in [-0.1, -0.05) is 24.3 Å². The van der Waals surface area contributed by atoms with E-state index >= 15 is 0 Å². The summed E-state index contributed by atoms with van der Waals surface area (Å²) in [6.07, 6.45) is 1.60. The summed E-state index contributed by atoms with van der Waals surface area (Å²) < 4.78 is 0. The lowest BCUT2D eigenvalue weighted by atomic mass is 10.1. The Morgan fingerprint density at radius 2 is 2.05 bits per heavy atom. The van der Waals surface area contributed by atoms with Crippen LogP contribution in [0.15, 0.2) is 48.7 Å². The van der Waals surface area contributed by atoms with Crippen molar-refractivity contribution in [1.29, 1.82) is 5.26 Å². The number of benzene rings is 1. The van der Waals surface area contributed by atoms with E-state index < -0.39 is 0 Å². The number of hydrogen-bond donors (Lipinski definition) is 1. The minimum atomic E-state index is -0.159. The molecule has 0 saturated carbocycles. The molecule has 4 nitrogen and oxygen atoms in total. The molecule has 0 aliphatic carbocycles. The van der Waals surface area contributed by atoms with Crippen molar-refractivity contribution in [3.63, 3.8) is 0 Å². The van der Waals surface area contributed by atoms with E-state index in [0.29, 0.717) is 17.8 Å². The van der Waals surface area contributed by atoms with Crippen molar-refractivity contribution in [3.8, 4) is 6.07 Å². The predicted molar refractivity (Wildman–Crippen MR) is 83.9 cm³/mol. The zero-order valence-corrected chi connectivity index (χ0v) is 12.3. The second-order valence-electron chi connectivity index (χ2n) is 4.29. The third kappa shape index (κ3) is 4.62. The third-order valence-electron chi connectivity index (χ3n) is 2.82. The van der Waals surface area contributed by atoms with E-state index in [-0.39, 0.29) is 5.91 Å². The number of carbonyl (C=O) groups is 1. The Labute approximate surface area is 128 Å². The summed E-state index contributed by atoms with van der Waals surface area (Å²) in [5, 5.41) is 11.8. The minimum Gasteiger partial charge on any atom is -0.350 e. The van der Waals surface area contributed by atoms with Crippen molar-refractivity contribution in [2.45, 2.75) is 5.75 Å². The predicted octanol–water partition coefficient (Wildman–Crippen LogP) is 2.62. The van der Waals surface area contributed by atoms with E-state index in [1.807, 2.05) is 24.3 Å². The average molecular weight is 297 g/mol. The molecule has 2 aromatic rings. The molecule has 1 aromatic heterocycles. The Hall–Kier alpha value is -2.32. The van der Waals surface area contributed by atoms with Gasteiger partial charge in [-0.2, -0.15) is 17.0 Å². The number of nitrogens with one attached hydrogen (secondary N) is 1. The number of nitrogens with zero attached hydrogens (tertiary/aromatic N) is 2. The molecule has 0 spiro atoms. The molecule has 21 heavy (non-hydrogen) atoms. The molecule has 2 rings (SSSR count). The van der Waals surface area contributed by atoms with Gasteiger partial charge < -0.3 is 5.32 Å². The normalized spacial score (nSPS) is 9.86. The highest BCUT2D eigenvalue weighted by Crippen LogP contribution is 2.15. The van der Waals surface area contributed by atoms with Crippen LogP contribution in [-0.4, -0.2) is 23.2 Å². The highest BCUT2D eigenvalue weighted by Gasteiger charge is 2.05. The first-order valence-electron chi connectivity index (χ1n) is 6.56. The van der Waals surface area contributed by atoms with Gasteiger partial charge in [0.1, 0.15) is 5.69 Å². The van der Waals surface area contributed by atoms with Gasteiger partial charge in [0.05, 0.1) is 11.6 Å². The highest BCUT2D eigenvalue weighted by molar-refractivity contribution is 7.98. The van der Waals surface area contributed by atoms with E-state index in [2.05, 4.69) is 16.4 Å². The van der Waals surface area contributed by atoms with Gasteiger partial charge >= 0.3 is 0 Å². The van der Waals surface area contributed by atoms with Crippen LogP contribution >= 0.6 is 11.8 Å². The van der Waals surface area contributed by atoms with Gasteiger partial charge in [-0.15, -0.1) is 0 Å². The zero-order valence-electron chi connectivity index (χ0n) is 11.5. The van der Waals surface area contributed by atoms with Gasteiger partial charge in [0, 0.05) is 24.2 Å². The van der Waals surface area contributed by atoms with E-state index in [9.17, 15) is 4.79 Å². The first kappa shape index (κ1) is 15.1. The second-order valence-corrected chi connectivity index (χ2v) is 5.40. The van der Waals surface area contributed by atoms with Gasteiger partial charge in [-0.25, -0.2) is 0 Å². The Balaban J connectivity index is 1.71. The number of pyridine rings is 1. The smallest absolute Gasteiger partial charge is 0.269 e. The Bertz CT molecular complexity index is 637. The lowest BCUT2D eigenvalue weighted by Gasteiger charge is -2.05. The average Bonchev–Trinajstić information content (AvgIpc) is 2.55. The summed E-state index contributed by atoms with van der Waals surface area (Å²) >= 11 is 1.69. The van der Waals surface area contributed by atoms with Crippen molar-refractivity contribution in [3.05, 3.63) is 65.5 Å². The van der Waals surface area contributed by atoms with Crippen LogP contribution in [0.4, 0.5) is 0 Å². The summed E-state index contributed by atoms with van der Waals surface area (Å²) in [5.74, 6) is 1.40. The van der Waals surface area contributed by atoms with Gasteiger partial charge in [0.25, 0.3) is 5.91 Å². The summed E-state index contributed by atoms with van der Waals surface area (Å²) in [4.78, 5) is 15.7. The quantitative estimate of drug-likeness (QED) is 0.832. The molecule has 0 saturated heterocycles. The molecule has 1 N–H and O–H groups in total. The molecule has 0 bridgehead atoms. The van der Waals surface area contributed by atoms with Crippen molar-refractivity contribution >= 4 is 17.7 Å². The molecule has 5 heteroatoms. The topological polar surface area (TPSA) is 65.8 Å². The molecule has 1 amide bonds. The number of amides is 1. The van der Waals surface area contributed by atoms with Crippen LogP contribution in [0.3, 0.4) is 0 Å². The molecule has 0 radical (unpaired) electrons. The lowest BCUT2D eigenvalue weighted by Crippen LogP contribution is -2.26. The van der Waals surface area contributed by atoms with E-state index in [4.69, 9.17) is 5.26 Å². The maximum Gasteiger partial charge on any atom is 0.269 e. The van der Waals surface area contributed by atoms with Crippen LogP contribution in [0.5, 0.6) is 0 Å². The molecule has 0 fully saturated rings. The van der Waals surface area contributed by atoms with Gasteiger partial charge in [0.15, 0.2) is 0 Å². The van der Waals surface area contributed by atoms with Crippen LogP contribution in [0.1, 0.15) is 21.6 Å². The van der Waals surface area contributed by atoms with Crippen LogP contribution in [-0.2, 0) is 5.75 Å². The Morgan fingerprint density at radius 1 is 1.24 bits per heavy atom. The molecular weight excluding hydrogens is 282 g/mol. The summed E-state index contributed by atoms with van der Waals surface area (Å²) in [5.41, 5.74) is 2.17. The molecule has 0 atom stereocenters. The van der Waals surface area contributed by atoms with E-state index in [1.165, 1.54) is 0 Å². The molecule has 0 aliphatic heterocycles. The number of carbonyl (C=O) groups excluding carboxylic acids is 1. The van der Waals surface area contributed by atoms with Gasteiger partial charge in [-0.05, 0) is 23.8 Å². The molecule has 0 aliphatic rings. The molecule has 0 unspecified atom stereocenters. The maximum absolute atomic E-state index is 11.8. The number of aromatic nitrogens is 1. The van der Waals surface area contributed by atoms with Gasteiger partial charge in [-0.3, -0.25) is 9.78 Å². The largest absolute Gasteiger partial charge is 0.350 e. The fraction of sp³-hybridized carbons (Fsp3) is 0.188. The van der Waals surface area contributed by atoms with Crippen LogP contribution in [0.25, 0.3) is 0 Å². The molecule has 1 heterocycles.